The monoisotopic (exact) mass is 251 g/mol. The van der Waals surface area contributed by atoms with Crippen molar-refractivity contribution < 1.29 is 14.3 Å². The summed E-state index contributed by atoms with van der Waals surface area (Å²) >= 11 is 0. The predicted molar refractivity (Wildman–Crippen MR) is 70.6 cm³/mol. The summed E-state index contributed by atoms with van der Waals surface area (Å²) in [4.78, 5) is 11.4. The largest absolute Gasteiger partial charge is 0.497 e. The third-order valence-electron chi connectivity index (χ3n) is 2.54. The van der Waals surface area contributed by atoms with E-state index in [1.165, 1.54) is 0 Å². The molecule has 1 rings (SSSR count). The molecule has 0 aromatic heterocycles. The van der Waals surface area contributed by atoms with Crippen LogP contribution in [0.5, 0.6) is 5.75 Å². The van der Waals surface area contributed by atoms with Crippen LogP contribution >= 0.6 is 0 Å². The molecule has 1 N–H and O–H groups in total. The second-order valence-corrected chi connectivity index (χ2v) is 4.41. The van der Waals surface area contributed by atoms with Crippen LogP contribution in [-0.2, 0) is 9.53 Å². The van der Waals surface area contributed by atoms with Crippen LogP contribution < -0.4 is 10.1 Å². The summed E-state index contributed by atoms with van der Waals surface area (Å²) in [5.41, 5.74) is 1.10. The van der Waals surface area contributed by atoms with E-state index in [0.717, 1.165) is 11.3 Å². The third-order valence-corrected chi connectivity index (χ3v) is 2.54. The highest BCUT2D eigenvalue weighted by Crippen LogP contribution is 2.16. The van der Waals surface area contributed by atoms with E-state index in [9.17, 15) is 4.79 Å². The summed E-state index contributed by atoms with van der Waals surface area (Å²) in [5.74, 6) is 0.593. The molecule has 0 aliphatic carbocycles. The number of benzene rings is 1. The summed E-state index contributed by atoms with van der Waals surface area (Å²) in [6.45, 7) is 5.89. The number of rotatable bonds is 6. The highest BCUT2D eigenvalue weighted by Gasteiger charge is 2.09. The topological polar surface area (TPSA) is 47.6 Å². The Hall–Kier alpha value is -1.55. The fraction of sp³-hybridized carbons (Fsp3) is 0.500. The van der Waals surface area contributed by atoms with E-state index < -0.39 is 0 Å². The first kappa shape index (κ1) is 14.5. The van der Waals surface area contributed by atoms with Crippen molar-refractivity contribution in [1.29, 1.82) is 0 Å². The lowest BCUT2D eigenvalue weighted by Crippen LogP contribution is -2.28. The molecule has 0 heterocycles. The molecule has 4 nitrogen and oxygen atoms in total. The van der Waals surface area contributed by atoms with E-state index in [-0.39, 0.29) is 24.7 Å². The van der Waals surface area contributed by atoms with Gasteiger partial charge >= 0.3 is 5.97 Å². The molecule has 1 aromatic rings. The minimum atomic E-state index is -0.231. The Labute approximate surface area is 108 Å². The number of nitrogens with one attached hydrogen (secondary N) is 1. The zero-order valence-corrected chi connectivity index (χ0v) is 11.4. The summed E-state index contributed by atoms with van der Waals surface area (Å²) < 4.78 is 10.1. The van der Waals surface area contributed by atoms with Gasteiger partial charge in [0, 0.05) is 6.04 Å². The molecule has 0 amide bonds. The van der Waals surface area contributed by atoms with Crippen molar-refractivity contribution in [3.8, 4) is 5.75 Å². The number of ether oxygens (including phenoxy) is 2. The quantitative estimate of drug-likeness (QED) is 0.788. The highest BCUT2D eigenvalue weighted by molar-refractivity contribution is 5.71. The second-order valence-electron chi connectivity index (χ2n) is 4.41. The van der Waals surface area contributed by atoms with Gasteiger partial charge in [0.2, 0.25) is 0 Å². The molecule has 18 heavy (non-hydrogen) atoms. The number of hydrogen-bond donors (Lipinski definition) is 1. The van der Waals surface area contributed by atoms with Crippen LogP contribution in [0, 0.1) is 0 Å². The maximum Gasteiger partial charge on any atom is 0.320 e. The molecule has 0 saturated heterocycles. The van der Waals surface area contributed by atoms with Gasteiger partial charge in [-0.15, -0.1) is 0 Å². The van der Waals surface area contributed by atoms with Crippen LogP contribution in [0.1, 0.15) is 32.4 Å². The van der Waals surface area contributed by atoms with E-state index in [4.69, 9.17) is 9.47 Å². The Morgan fingerprint density at radius 2 is 1.83 bits per heavy atom. The van der Waals surface area contributed by atoms with Gasteiger partial charge in [-0.25, -0.2) is 0 Å². The molecule has 100 valence electrons. The highest BCUT2D eigenvalue weighted by atomic mass is 16.5. The van der Waals surface area contributed by atoms with E-state index in [1.807, 2.05) is 45.0 Å². The molecule has 0 saturated carbocycles. The Morgan fingerprint density at radius 3 is 2.33 bits per heavy atom. The van der Waals surface area contributed by atoms with Gasteiger partial charge in [0.15, 0.2) is 0 Å². The van der Waals surface area contributed by atoms with Gasteiger partial charge in [0.25, 0.3) is 0 Å². The van der Waals surface area contributed by atoms with Gasteiger partial charge in [-0.1, -0.05) is 12.1 Å². The molecular weight excluding hydrogens is 230 g/mol. The Morgan fingerprint density at radius 1 is 1.22 bits per heavy atom. The fourth-order valence-electron chi connectivity index (χ4n) is 1.55. The van der Waals surface area contributed by atoms with Crippen LogP contribution in [0.25, 0.3) is 0 Å². The Balaban J connectivity index is 2.44. The predicted octanol–water partition coefficient (Wildman–Crippen LogP) is 2.30. The molecule has 0 spiro atoms. The van der Waals surface area contributed by atoms with Gasteiger partial charge in [0.1, 0.15) is 5.75 Å². The average Bonchev–Trinajstić information content (AvgIpc) is 2.35. The summed E-state index contributed by atoms with van der Waals surface area (Å²) in [7, 11) is 1.64. The lowest BCUT2D eigenvalue weighted by molar-refractivity contribution is -0.146. The van der Waals surface area contributed by atoms with Gasteiger partial charge in [0.05, 0.1) is 19.8 Å². The van der Waals surface area contributed by atoms with E-state index >= 15 is 0 Å². The summed E-state index contributed by atoms with van der Waals surface area (Å²) in [6.07, 6.45) is -0.0735. The standard InChI is InChI=1S/C14H21NO3/c1-10(2)18-14(16)9-15-11(3)12-5-7-13(17-4)8-6-12/h5-8,10-11,15H,9H2,1-4H3/t11-/m0/s1. The number of carbonyl (C=O) groups excluding carboxylic acids is 1. The van der Waals surface area contributed by atoms with Gasteiger partial charge in [-0.2, -0.15) is 0 Å². The second kappa shape index (κ2) is 7.01. The zero-order chi connectivity index (χ0) is 13.5. The molecule has 0 fully saturated rings. The molecular formula is C14H21NO3. The Bertz CT molecular complexity index is 373. The normalized spacial score (nSPS) is 12.3. The van der Waals surface area contributed by atoms with Crippen LogP contribution in [0.15, 0.2) is 24.3 Å². The molecule has 0 aliphatic rings. The van der Waals surface area contributed by atoms with E-state index in [0.29, 0.717) is 0 Å². The first-order valence-corrected chi connectivity index (χ1v) is 6.09. The van der Waals surface area contributed by atoms with Crippen molar-refractivity contribution >= 4 is 5.97 Å². The lowest BCUT2D eigenvalue weighted by atomic mass is 10.1. The van der Waals surface area contributed by atoms with Gasteiger partial charge in [-0.3, -0.25) is 4.79 Å². The first-order chi connectivity index (χ1) is 8.52. The van der Waals surface area contributed by atoms with Gasteiger partial charge in [-0.05, 0) is 38.5 Å². The average molecular weight is 251 g/mol. The van der Waals surface area contributed by atoms with Crippen molar-refractivity contribution in [3.05, 3.63) is 29.8 Å². The van der Waals surface area contributed by atoms with Gasteiger partial charge < -0.3 is 14.8 Å². The minimum Gasteiger partial charge on any atom is -0.497 e. The number of hydrogen-bond acceptors (Lipinski definition) is 4. The lowest BCUT2D eigenvalue weighted by Gasteiger charge is -2.15. The molecule has 4 heteroatoms. The first-order valence-electron chi connectivity index (χ1n) is 6.09. The number of esters is 1. The summed E-state index contributed by atoms with van der Waals surface area (Å²) in [6, 6.07) is 7.85. The third kappa shape index (κ3) is 4.75. The summed E-state index contributed by atoms with van der Waals surface area (Å²) in [5, 5.41) is 3.13. The number of methoxy groups -OCH3 is 1. The van der Waals surface area contributed by atoms with Crippen LogP contribution in [0.2, 0.25) is 0 Å². The van der Waals surface area contributed by atoms with Crippen LogP contribution in [-0.4, -0.2) is 25.7 Å². The fourth-order valence-corrected chi connectivity index (χ4v) is 1.55. The maximum absolute atomic E-state index is 11.4. The van der Waals surface area contributed by atoms with Crippen molar-refractivity contribution in [2.45, 2.75) is 32.9 Å². The maximum atomic E-state index is 11.4. The van der Waals surface area contributed by atoms with E-state index in [1.54, 1.807) is 7.11 Å². The van der Waals surface area contributed by atoms with Crippen molar-refractivity contribution in [1.82, 2.24) is 5.32 Å². The Kier molecular flexibility index (Phi) is 5.65. The molecule has 0 aliphatic heterocycles. The van der Waals surface area contributed by atoms with Crippen molar-refractivity contribution in [2.75, 3.05) is 13.7 Å². The molecule has 0 radical (unpaired) electrons. The number of carbonyl (C=O) groups is 1. The van der Waals surface area contributed by atoms with Crippen molar-refractivity contribution in [2.24, 2.45) is 0 Å². The van der Waals surface area contributed by atoms with Crippen molar-refractivity contribution in [3.63, 3.8) is 0 Å². The zero-order valence-electron chi connectivity index (χ0n) is 11.4. The van der Waals surface area contributed by atoms with Crippen LogP contribution in [0.3, 0.4) is 0 Å². The molecule has 1 aromatic carbocycles. The minimum absolute atomic E-state index is 0.0735. The molecule has 0 unspecified atom stereocenters. The molecule has 1 atom stereocenters. The smallest absolute Gasteiger partial charge is 0.320 e. The van der Waals surface area contributed by atoms with E-state index in [2.05, 4.69) is 5.32 Å². The van der Waals surface area contributed by atoms with Crippen LogP contribution in [0.4, 0.5) is 0 Å². The molecule has 0 bridgehead atoms. The SMILES string of the molecule is COc1ccc([C@H](C)NCC(=O)OC(C)C)cc1.